The number of anilines is 2. The molecule has 2 aromatic rings. The summed E-state index contributed by atoms with van der Waals surface area (Å²) >= 11 is 0. The highest BCUT2D eigenvalue weighted by Gasteiger charge is 2.25. The molecule has 3 rings (SSSR count). The van der Waals surface area contributed by atoms with Gasteiger partial charge in [-0.25, -0.2) is 8.42 Å². The van der Waals surface area contributed by atoms with Crippen molar-refractivity contribution >= 4 is 27.3 Å². The number of para-hydroxylation sites is 2. The molecule has 1 saturated heterocycles. The van der Waals surface area contributed by atoms with Gasteiger partial charge in [0.1, 0.15) is 5.75 Å². The molecule has 1 aliphatic heterocycles. The number of ether oxygens (including phenoxy) is 1. The highest BCUT2D eigenvalue weighted by Crippen LogP contribution is 2.31. The first-order chi connectivity index (χ1) is 12.0. The van der Waals surface area contributed by atoms with Crippen molar-refractivity contribution in [2.45, 2.75) is 24.7 Å². The number of benzene rings is 2. The van der Waals surface area contributed by atoms with E-state index in [1.54, 1.807) is 41.3 Å². The summed E-state index contributed by atoms with van der Waals surface area (Å²) in [6.07, 6.45) is 1.26. The average Bonchev–Trinajstić information content (AvgIpc) is 3.02. The van der Waals surface area contributed by atoms with Crippen LogP contribution in [0.15, 0.2) is 53.4 Å². The second kappa shape index (κ2) is 7.14. The monoisotopic (exact) mass is 360 g/mol. The fourth-order valence-corrected chi connectivity index (χ4v) is 3.86. The minimum atomic E-state index is -3.76. The van der Waals surface area contributed by atoms with Crippen LogP contribution in [0.5, 0.6) is 5.75 Å². The topological polar surface area (TPSA) is 75.7 Å². The van der Waals surface area contributed by atoms with Crippen LogP contribution in [0.4, 0.5) is 11.4 Å². The fourth-order valence-electron chi connectivity index (χ4n) is 2.78. The van der Waals surface area contributed by atoms with E-state index in [4.69, 9.17) is 4.74 Å². The van der Waals surface area contributed by atoms with E-state index in [0.29, 0.717) is 36.7 Å². The van der Waals surface area contributed by atoms with Crippen molar-refractivity contribution in [3.63, 3.8) is 0 Å². The van der Waals surface area contributed by atoms with Crippen molar-refractivity contribution in [1.29, 1.82) is 0 Å². The molecule has 1 fully saturated rings. The molecule has 0 aromatic heterocycles. The number of sulfonamides is 1. The van der Waals surface area contributed by atoms with Crippen LogP contribution >= 0.6 is 0 Å². The molecular weight excluding hydrogens is 340 g/mol. The van der Waals surface area contributed by atoms with Crippen LogP contribution in [0.3, 0.4) is 0 Å². The van der Waals surface area contributed by atoms with Crippen molar-refractivity contribution < 1.29 is 17.9 Å². The van der Waals surface area contributed by atoms with Gasteiger partial charge in [-0.2, -0.15) is 0 Å². The van der Waals surface area contributed by atoms with Gasteiger partial charge in [0.15, 0.2) is 0 Å². The Morgan fingerprint density at radius 2 is 1.84 bits per heavy atom. The van der Waals surface area contributed by atoms with Gasteiger partial charge in [0.05, 0.1) is 22.9 Å². The Morgan fingerprint density at radius 1 is 1.12 bits per heavy atom. The number of carbonyl (C=O) groups excluding carboxylic acids is 1. The molecule has 0 saturated carbocycles. The van der Waals surface area contributed by atoms with Gasteiger partial charge in [-0.3, -0.25) is 9.52 Å². The lowest BCUT2D eigenvalue weighted by Gasteiger charge is -2.20. The molecule has 0 radical (unpaired) electrons. The molecule has 0 aliphatic carbocycles. The lowest BCUT2D eigenvalue weighted by Crippen LogP contribution is -2.25. The number of nitrogens with one attached hydrogen (secondary N) is 1. The zero-order chi connectivity index (χ0) is 17.9. The molecule has 1 aliphatic rings. The predicted molar refractivity (Wildman–Crippen MR) is 96.4 cm³/mol. The molecule has 0 unspecified atom stereocenters. The van der Waals surface area contributed by atoms with Gasteiger partial charge >= 0.3 is 0 Å². The fraction of sp³-hybridized carbons (Fsp3) is 0.278. The zero-order valence-electron chi connectivity index (χ0n) is 13.9. The van der Waals surface area contributed by atoms with Gasteiger partial charge in [0.25, 0.3) is 10.0 Å². The molecular formula is C18H20N2O4S. The molecule has 1 heterocycles. The van der Waals surface area contributed by atoms with Crippen molar-refractivity contribution in [2.75, 3.05) is 22.8 Å². The Bertz CT molecular complexity index is 863. The lowest BCUT2D eigenvalue weighted by molar-refractivity contribution is -0.117. The van der Waals surface area contributed by atoms with Crippen LogP contribution in [-0.4, -0.2) is 27.5 Å². The Labute approximate surface area is 147 Å². The first kappa shape index (κ1) is 17.3. The van der Waals surface area contributed by atoms with E-state index < -0.39 is 10.0 Å². The Morgan fingerprint density at radius 3 is 2.48 bits per heavy atom. The molecule has 0 spiro atoms. The maximum atomic E-state index is 12.7. The average molecular weight is 360 g/mol. The molecule has 25 heavy (non-hydrogen) atoms. The molecule has 6 nitrogen and oxygen atoms in total. The first-order valence-electron chi connectivity index (χ1n) is 8.16. The van der Waals surface area contributed by atoms with Crippen LogP contribution < -0.4 is 14.4 Å². The van der Waals surface area contributed by atoms with Crippen molar-refractivity contribution in [2.24, 2.45) is 0 Å². The van der Waals surface area contributed by atoms with Crippen LogP contribution in [-0.2, 0) is 14.8 Å². The SMILES string of the molecule is CCOc1ccc(S(=O)(=O)Nc2ccccc2N2CCCC2=O)cc1. The maximum absolute atomic E-state index is 12.7. The number of hydrogen-bond acceptors (Lipinski definition) is 4. The quantitative estimate of drug-likeness (QED) is 0.859. The number of rotatable bonds is 6. The van der Waals surface area contributed by atoms with Crippen molar-refractivity contribution in [3.8, 4) is 5.75 Å². The van der Waals surface area contributed by atoms with Gasteiger partial charge in [-0.15, -0.1) is 0 Å². The van der Waals surface area contributed by atoms with Gasteiger partial charge in [-0.1, -0.05) is 12.1 Å². The summed E-state index contributed by atoms with van der Waals surface area (Å²) in [5.74, 6) is 0.622. The third-order valence-corrected chi connectivity index (χ3v) is 5.34. The van der Waals surface area contributed by atoms with E-state index in [1.165, 1.54) is 12.1 Å². The zero-order valence-corrected chi connectivity index (χ0v) is 14.8. The minimum absolute atomic E-state index is 0.00714. The molecule has 1 amide bonds. The predicted octanol–water partition coefficient (Wildman–Crippen LogP) is 3.01. The van der Waals surface area contributed by atoms with E-state index >= 15 is 0 Å². The summed E-state index contributed by atoms with van der Waals surface area (Å²) in [5, 5.41) is 0. The van der Waals surface area contributed by atoms with E-state index in [0.717, 1.165) is 6.42 Å². The number of amides is 1. The van der Waals surface area contributed by atoms with E-state index in [-0.39, 0.29) is 10.8 Å². The second-order valence-corrected chi connectivity index (χ2v) is 7.36. The largest absolute Gasteiger partial charge is 0.494 e. The van der Waals surface area contributed by atoms with Gasteiger partial charge in [0.2, 0.25) is 5.91 Å². The van der Waals surface area contributed by atoms with E-state index in [2.05, 4.69) is 4.72 Å². The van der Waals surface area contributed by atoms with Crippen molar-refractivity contribution in [3.05, 3.63) is 48.5 Å². The highest BCUT2D eigenvalue weighted by atomic mass is 32.2. The van der Waals surface area contributed by atoms with Crippen LogP contribution in [0.2, 0.25) is 0 Å². The number of hydrogen-bond donors (Lipinski definition) is 1. The summed E-state index contributed by atoms with van der Waals surface area (Å²) < 4.78 is 33.2. The second-order valence-electron chi connectivity index (χ2n) is 5.68. The molecule has 1 N–H and O–H groups in total. The smallest absolute Gasteiger partial charge is 0.261 e. The van der Waals surface area contributed by atoms with E-state index in [9.17, 15) is 13.2 Å². The van der Waals surface area contributed by atoms with Crippen LogP contribution in [0, 0.1) is 0 Å². The molecule has 0 atom stereocenters. The summed E-state index contributed by atoms with van der Waals surface area (Å²) in [4.78, 5) is 13.8. The lowest BCUT2D eigenvalue weighted by atomic mass is 10.2. The van der Waals surface area contributed by atoms with Gasteiger partial charge in [0, 0.05) is 13.0 Å². The molecule has 2 aromatic carbocycles. The summed E-state index contributed by atoms with van der Waals surface area (Å²) in [6.45, 7) is 2.98. The van der Waals surface area contributed by atoms with Crippen LogP contribution in [0.25, 0.3) is 0 Å². The van der Waals surface area contributed by atoms with E-state index in [1.807, 2.05) is 6.92 Å². The first-order valence-corrected chi connectivity index (χ1v) is 9.64. The highest BCUT2D eigenvalue weighted by molar-refractivity contribution is 7.92. The maximum Gasteiger partial charge on any atom is 0.261 e. The van der Waals surface area contributed by atoms with Gasteiger partial charge in [-0.05, 0) is 49.7 Å². The standard InChI is InChI=1S/C18H20N2O4S/c1-2-24-14-9-11-15(12-10-14)25(22,23)19-16-6-3-4-7-17(16)20-13-5-8-18(20)21/h3-4,6-7,9-12,19H,2,5,8,13H2,1H3. The summed E-state index contributed by atoms with van der Waals surface area (Å²) in [6, 6.07) is 13.2. The normalized spacial score (nSPS) is 14.6. The Kier molecular flexibility index (Phi) is 4.94. The number of carbonyl (C=O) groups is 1. The third-order valence-electron chi connectivity index (χ3n) is 3.96. The van der Waals surface area contributed by atoms with Crippen molar-refractivity contribution in [1.82, 2.24) is 0 Å². The third kappa shape index (κ3) is 3.76. The Hall–Kier alpha value is -2.54. The molecule has 0 bridgehead atoms. The molecule has 132 valence electrons. The summed E-state index contributed by atoms with van der Waals surface area (Å²) in [5.41, 5.74) is 0.978. The summed E-state index contributed by atoms with van der Waals surface area (Å²) in [7, 11) is -3.76. The number of nitrogens with zero attached hydrogens (tertiary/aromatic N) is 1. The minimum Gasteiger partial charge on any atom is -0.494 e. The van der Waals surface area contributed by atoms with Gasteiger partial charge < -0.3 is 9.64 Å². The van der Waals surface area contributed by atoms with Crippen LogP contribution in [0.1, 0.15) is 19.8 Å². The molecule has 7 heteroatoms. The Balaban J connectivity index is 1.87.